The monoisotopic (exact) mass is 495 g/mol. The van der Waals surface area contributed by atoms with E-state index in [0.29, 0.717) is 12.4 Å². The Morgan fingerprint density at radius 2 is 1.49 bits per heavy atom. The van der Waals surface area contributed by atoms with Gasteiger partial charge in [0.05, 0.1) is 17.4 Å². The molecule has 4 aromatic rings. The van der Waals surface area contributed by atoms with Crippen LogP contribution >= 0.6 is 0 Å². The minimum atomic E-state index is -0.600. The Bertz CT molecular complexity index is 1220. The molecule has 5 rings (SSSR count). The highest BCUT2D eigenvalue weighted by Crippen LogP contribution is 2.42. The summed E-state index contributed by atoms with van der Waals surface area (Å²) in [4.78, 5) is 15.6. The predicted octanol–water partition coefficient (Wildman–Crippen LogP) is 4.52. The van der Waals surface area contributed by atoms with E-state index >= 15 is 0 Å². The van der Waals surface area contributed by atoms with Crippen LogP contribution in [0.3, 0.4) is 0 Å². The van der Waals surface area contributed by atoms with E-state index < -0.39 is 10.8 Å². The molecule has 2 heterocycles. The summed E-state index contributed by atoms with van der Waals surface area (Å²) in [6, 6.07) is 30.9. The quantitative estimate of drug-likeness (QED) is 0.344. The Morgan fingerprint density at radius 3 is 2.00 bits per heavy atom. The van der Waals surface area contributed by atoms with Crippen molar-refractivity contribution in [2.24, 2.45) is 0 Å². The summed E-state index contributed by atoms with van der Waals surface area (Å²) < 4.78 is 5.57. The first-order valence-electron chi connectivity index (χ1n) is 13.0. The van der Waals surface area contributed by atoms with Gasteiger partial charge in [-0.2, -0.15) is 5.21 Å². The van der Waals surface area contributed by atoms with E-state index in [1.807, 2.05) is 37.3 Å². The van der Waals surface area contributed by atoms with Gasteiger partial charge in [-0.25, -0.2) is 0 Å². The molecule has 7 heteroatoms. The number of piperidine rings is 1. The van der Waals surface area contributed by atoms with Gasteiger partial charge in [-0.3, -0.25) is 4.79 Å². The van der Waals surface area contributed by atoms with E-state index in [9.17, 15) is 4.79 Å². The topological polar surface area (TPSA) is 84.0 Å². The van der Waals surface area contributed by atoms with Gasteiger partial charge in [-0.15, -0.1) is 10.2 Å². The van der Waals surface area contributed by atoms with Crippen LogP contribution in [0, 0.1) is 0 Å². The number of nitrogens with one attached hydrogen (secondary N) is 1. The maximum absolute atomic E-state index is 13.2. The third kappa shape index (κ3) is 4.79. The van der Waals surface area contributed by atoms with Gasteiger partial charge in [0.15, 0.2) is 5.82 Å². The summed E-state index contributed by atoms with van der Waals surface area (Å²) in [5.74, 6) is 0.544. The van der Waals surface area contributed by atoms with Crippen LogP contribution in [-0.4, -0.2) is 57.7 Å². The van der Waals surface area contributed by atoms with Crippen molar-refractivity contribution in [3.8, 4) is 0 Å². The Balaban J connectivity index is 1.42. The smallest absolute Gasteiger partial charge is 0.316 e. The van der Waals surface area contributed by atoms with Gasteiger partial charge < -0.3 is 9.64 Å². The van der Waals surface area contributed by atoms with E-state index in [2.05, 4.69) is 86.2 Å². The predicted molar refractivity (Wildman–Crippen MR) is 142 cm³/mol. The lowest BCUT2D eigenvalue weighted by molar-refractivity contribution is -0.152. The molecule has 1 aliphatic rings. The van der Waals surface area contributed by atoms with Crippen LogP contribution in [0.1, 0.15) is 48.7 Å². The second kappa shape index (κ2) is 11.0. The Kier molecular flexibility index (Phi) is 7.42. The fourth-order valence-electron chi connectivity index (χ4n) is 5.73. The van der Waals surface area contributed by atoms with E-state index in [4.69, 9.17) is 4.74 Å². The van der Waals surface area contributed by atoms with Gasteiger partial charge in [-0.1, -0.05) is 96.2 Å². The number of carbonyl (C=O) groups excluding carboxylic acids is 1. The number of likely N-dealkylation sites (tertiary alicyclic amines) is 1. The van der Waals surface area contributed by atoms with Crippen LogP contribution in [0.5, 0.6) is 0 Å². The molecule has 0 atom stereocenters. The Labute approximate surface area is 217 Å². The van der Waals surface area contributed by atoms with Gasteiger partial charge in [0.2, 0.25) is 0 Å². The molecule has 7 nitrogen and oxygen atoms in total. The van der Waals surface area contributed by atoms with E-state index in [1.165, 1.54) is 0 Å². The molecule has 37 heavy (non-hydrogen) atoms. The molecule has 1 saturated heterocycles. The highest BCUT2D eigenvalue weighted by molar-refractivity contribution is 5.83. The largest absolute Gasteiger partial charge is 0.465 e. The zero-order chi connectivity index (χ0) is 25.6. The van der Waals surface area contributed by atoms with Gasteiger partial charge >= 0.3 is 5.97 Å². The summed E-state index contributed by atoms with van der Waals surface area (Å²) in [7, 11) is 0. The maximum Gasteiger partial charge on any atom is 0.316 e. The standard InChI is InChI=1S/C30H33N5O2/c1-2-37-28(36)29(24-12-6-3-7-13-24)18-21-35(22-19-29)23-20-30(27-31-33-34-32-27,25-14-8-4-9-15-25)26-16-10-5-11-17-26/h3-17H,2,18-23H2,1H3,(H,31,32,33,34). The van der Waals surface area contributed by atoms with Gasteiger partial charge in [-0.05, 0) is 62.5 Å². The highest BCUT2D eigenvalue weighted by Gasteiger charge is 2.45. The minimum Gasteiger partial charge on any atom is -0.465 e. The number of hydrogen-bond donors (Lipinski definition) is 1. The molecule has 1 N–H and O–H groups in total. The van der Waals surface area contributed by atoms with Crippen molar-refractivity contribution in [3.05, 3.63) is 114 Å². The van der Waals surface area contributed by atoms with E-state index in [-0.39, 0.29) is 5.97 Å². The zero-order valence-electron chi connectivity index (χ0n) is 21.2. The number of H-pyrrole nitrogens is 1. The molecule has 0 bridgehead atoms. The number of esters is 1. The molecule has 3 aromatic carbocycles. The molecular weight excluding hydrogens is 462 g/mol. The van der Waals surface area contributed by atoms with Crippen molar-refractivity contribution in [2.45, 2.75) is 37.0 Å². The number of carbonyl (C=O) groups is 1. The normalized spacial score (nSPS) is 15.8. The van der Waals surface area contributed by atoms with Crippen LogP contribution in [0.25, 0.3) is 0 Å². The number of aromatic amines is 1. The SMILES string of the molecule is CCOC(=O)C1(c2ccccc2)CCN(CCC(c2ccccc2)(c2ccccc2)c2nn[nH]n2)CC1. The lowest BCUT2D eigenvalue weighted by Crippen LogP contribution is -2.49. The molecule has 0 unspecified atom stereocenters. The molecule has 1 aliphatic heterocycles. The summed E-state index contributed by atoms with van der Waals surface area (Å²) in [5.41, 5.74) is 2.15. The zero-order valence-corrected chi connectivity index (χ0v) is 21.2. The molecule has 0 aliphatic carbocycles. The summed E-state index contributed by atoms with van der Waals surface area (Å²) >= 11 is 0. The van der Waals surface area contributed by atoms with Crippen LogP contribution < -0.4 is 0 Å². The third-order valence-corrected chi connectivity index (χ3v) is 7.77. The molecule has 1 aromatic heterocycles. The number of benzene rings is 3. The number of rotatable bonds is 9. The lowest BCUT2D eigenvalue weighted by atomic mass is 9.70. The fourth-order valence-corrected chi connectivity index (χ4v) is 5.73. The summed E-state index contributed by atoms with van der Waals surface area (Å²) in [5, 5.41) is 15.6. The molecule has 190 valence electrons. The molecule has 0 radical (unpaired) electrons. The lowest BCUT2D eigenvalue weighted by Gasteiger charge is -2.41. The minimum absolute atomic E-state index is 0.115. The Morgan fingerprint density at radius 1 is 0.919 bits per heavy atom. The molecule has 0 amide bonds. The molecule has 0 spiro atoms. The summed E-state index contributed by atoms with van der Waals surface area (Å²) in [6.07, 6.45) is 2.22. The molecule has 1 fully saturated rings. The van der Waals surface area contributed by atoms with Gasteiger partial charge in [0.1, 0.15) is 0 Å². The average molecular weight is 496 g/mol. The van der Waals surface area contributed by atoms with Crippen molar-refractivity contribution in [1.29, 1.82) is 0 Å². The van der Waals surface area contributed by atoms with Crippen molar-refractivity contribution in [3.63, 3.8) is 0 Å². The number of nitrogens with zero attached hydrogens (tertiary/aromatic N) is 4. The van der Waals surface area contributed by atoms with Crippen molar-refractivity contribution < 1.29 is 9.53 Å². The first-order valence-corrected chi connectivity index (χ1v) is 13.0. The highest BCUT2D eigenvalue weighted by atomic mass is 16.5. The number of ether oxygens (including phenoxy) is 1. The maximum atomic E-state index is 13.2. The first kappa shape index (κ1) is 24.8. The van der Waals surface area contributed by atoms with Crippen LogP contribution in [-0.2, 0) is 20.4 Å². The van der Waals surface area contributed by atoms with Crippen molar-refractivity contribution in [2.75, 3.05) is 26.2 Å². The van der Waals surface area contributed by atoms with Crippen LogP contribution in [0.15, 0.2) is 91.0 Å². The molecule has 0 saturated carbocycles. The van der Waals surface area contributed by atoms with Gasteiger partial charge in [0, 0.05) is 0 Å². The van der Waals surface area contributed by atoms with Crippen molar-refractivity contribution >= 4 is 5.97 Å². The Hall–Kier alpha value is -3.84. The average Bonchev–Trinajstić information content (AvgIpc) is 3.51. The van der Waals surface area contributed by atoms with Crippen LogP contribution in [0.4, 0.5) is 0 Å². The van der Waals surface area contributed by atoms with Crippen molar-refractivity contribution in [1.82, 2.24) is 25.5 Å². The van der Waals surface area contributed by atoms with E-state index in [1.54, 1.807) is 0 Å². The second-order valence-corrected chi connectivity index (χ2v) is 9.63. The molecular formula is C30H33N5O2. The number of aromatic nitrogens is 4. The summed E-state index contributed by atoms with van der Waals surface area (Å²) in [6.45, 7) is 4.69. The van der Waals surface area contributed by atoms with E-state index in [0.717, 1.165) is 55.6 Å². The first-order chi connectivity index (χ1) is 18.2. The van der Waals surface area contributed by atoms with Gasteiger partial charge in [0.25, 0.3) is 0 Å². The fraction of sp³-hybridized carbons (Fsp3) is 0.333. The number of tetrazole rings is 1. The van der Waals surface area contributed by atoms with Crippen LogP contribution in [0.2, 0.25) is 0 Å². The number of hydrogen-bond acceptors (Lipinski definition) is 6. The third-order valence-electron chi connectivity index (χ3n) is 7.77. The second-order valence-electron chi connectivity index (χ2n) is 9.63.